The lowest BCUT2D eigenvalue weighted by Crippen LogP contribution is -2.39. The Kier molecular flexibility index (Phi) is 8.16. The summed E-state index contributed by atoms with van der Waals surface area (Å²) in [7, 11) is 1.61. The van der Waals surface area contributed by atoms with Crippen LogP contribution in [0.2, 0.25) is 0 Å². The SMILES string of the molecule is COc1ccc(OCCN(CCNC(=O)Cc2ccccc2)C(C)=O)cc1. The van der Waals surface area contributed by atoms with E-state index >= 15 is 0 Å². The molecule has 2 aromatic rings. The first-order valence-corrected chi connectivity index (χ1v) is 8.91. The molecule has 6 heteroatoms. The average molecular weight is 370 g/mol. The number of hydrogen-bond donors (Lipinski definition) is 1. The van der Waals surface area contributed by atoms with Crippen LogP contribution in [0.1, 0.15) is 12.5 Å². The molecule has 0 saturated carbocycles. The van der Waals surface area contributed by atoms with E-state index in [4.69, 9.17) is 9.47 Å². The third-order valence-corrected chi connectivity index (χ3v) is 4.05. The molecule has 144 valence electrons. The van der Waals surface area contributed by atoms with Gasteiger partial charge in [0.25, 0.3) is 0 Å². The Morgan fingerprint density at radius 2 is 1.63 bits per heavy atom. The largest absolute Gasteiger partial charge is 0.497 e. The van der Waals surface area contributed by atoms with Crippen molar-refractivity contribution in [2.45, 2.75) is 13.3 Å². The molecule has 27 heavy (non-hydrogen) atoms. The highest BCUT2D eigenvalue weighted by atomic mass is 16.5. The smallest absolute Gasteiger partial charge is 0.224 e. The number of nitrogens with one attached hydrogen (secondary N) is 1. The molecule has 6 nitrogen and oxygen atoms in total. The standard InChI is InChI=1S/C21H26N2O4/c1-17(24)23(14-15-27-20-10-8-19(26-2)9-11-20)13-12-22-21(25)16-18-6-4-3-5-7-18/h3-11H,12-16H2,1-2H3,(H,22,25). The monoisotopic (exact) mass is 370 g/mol. The summed E-state index contributed by atoms with van der Waals surface area (Å²) in [5.41, 5.74) is 0.964. The molecule has 0 heterocycles. The molecule has 0 unspecified atom stereocenters. The van der Waals surface area contributed by atoms with E-state index in [0.29, 0.717) is 32.7 Å². The molecule has 0 spiro atoms. The minimum Gasteiger partial charge on any atom is -0.497 e. The number of ether oxygens (including phenoxy) is 2. The van der Waals surface area contributed by atoms with Crippen LogP contribution in [0.25, 0.3) is 0 Å². The van der Waals surface area contributed by atoms with Gasteiger partial charge in [0.15, 0.2) is 0 Å². The summed E-state index contributed by atoms with van der Waals surface area (Å²) in [6.07, 6.45) is 0.335. The number of rotatable bonds is 10. The third kappa shape index (κ3) is 7.40. The third-order valence-electron chi connectivity index (χ3n) is 4.05. The average Bonchev–Trinajstić information content (AvgIpc) is 2.68. The van der Waals surface area contributed by atoms with Crippen molar-refractivity contribution in [3.05, 3.63) is 60.2 Å². The van der Waals surface area contributed by atoms with Gasteiger partial charge in [0.1, 0.15) is 18.1 Å². The van der Waals surface area contributed by atoms with Gasteiger partial charge in [-0.2, -0.15) is 0 Å². The maximum absolute atomic E-state index is 12.0. The molecule has 2 rings (SSSR count). The Hall–Kier alpha value is -3.02. The van der Waals surface area contributed by atoms with Crippen LogP contribution in [0, 0.1) is 0 Å². The van der Waals surface area contributed by atoms with E-state index in [1.54, 1.807) is 12.0 Å². The van der Waals surface area contributed by atoms with Crippen molar-refractivity contribution in [2.75, 3.05) is 33.4 Å². The number of methoxy groups -OCH3 is 1. The van der Waals surface area contributed by atoms with E-state index in [1.807, 2.05) is 54.6 Å². The van der Waals surface area contributed by atoms with Crippen molar-refractivity contribution in [1.29, 1.82) is 0 Å². The Morgan fingerprint density at radius 1 is 0.963 bits per heavy atom. The second-order valence-electron chi connectivity index (χ2n) is 6.04. The fourth-order valence-electron chi connectivity index (χ4n) is 2.55. The molecule has 2 aromatic carbocycles. The maximum Gasteiger partial charge on any atom is 0.224 e. The lowest BCUT2D eigenvalue weighted by molar-refractivity contribution is -0.129. The maximum atomic E-state index is 12.0. The number of benzene rings is 2. The first-order chi connectivity index (χ1) is 13.1. The lowest BCUT2D eigenvalue weighted by atomic mass is 10.1. The van der Waals surface area contributed by atoms with Crippen LogP contribution in [0.3, 0.4) is 0 Å². The summed E-state index contributed by atoms with van der Waals surface area (Å²) < 4.78 is 10.8. The van der Waals surface area contributed by atoms with Crippen LogP contribution in [-0.4, -0.2) is 50.1 Å². The highest BCUT2D eigenvalue weighted by Gasteiger charge is 2.10. The van der Waals surface area contributed by atoms with Crippen molar-refractivity contribution in [3.63, 3.8) is 0 Å². The Labute approximate surface area is 160 Å². The molecule has 2 amide bonds. The van der Waals surface area contributed by atoms with Crippen LogP contribution in [0.4, 0.5) is 0 Å². The molecule has 0 aliphatic carbocycles. The summed E-state index contributed by atoms with van der Waals surface area (Å²) in [6.45, 7) is 3.20. The summed E-state index contributed by atoms with van der Waals surface area (Å²) in [6, 6.07) is 16.8. The summed E-state index contributed by atoms with van der Waals surface area (Å²) in [4.78, 5) is 25.4. The zero-order chi connectivity index (χ0) is 19.5. The molecule has 0 aliphatic rings. The second kappa shape index (κ2) is 10.9. The molecule has 0 saturated heterocycles. The Morgan fingerprint density at radius 3 is 2.26 bits per heavy atom. The van der Waals surface area contributed by atoms with Crippen LogP contribution in [0.15, 0.2) is 54.6 Å². The van der Waals surface area contributed by atoms with E-state index in [-0.39, 0.29) is 11.8 Å². The molecule has 0 radical (unpaired) electrons. The lowest BCUT2D eigenvalue weighted by Gasteiger charge is -2.21. The topological polar surface area (TPSA) is 67.9 Å². The van der Waals surface area contributed by atoms with Gasteiger partial charge in [0.05, 0.1) is 20.1 Å². The molecule has 0 fully saturated rings. The number of nitrogens with zero attached hydrogens (tertiary/aromatic N) is 1. The van der Waals surface area contributed by atoms with E-state index in [2.05, 4.69) is 5.32 Å². The normalized spacial score (nSPS) is 10.1. The zero-order valence-corrected chi connectivity index (χ0v) is 15.8. The molecule has 0 bridgehead atoms. The van der Waals surface area contributed by atoms with Gasteiger partial charge in [-0.25, -0.2) is 0 Å². The number of amides is 2. The second-order valence-corrected chi connectivity index (χ2v) is 6.04. The molecular weight excluding hydrogens is 344 g/mol. The highest BCUT2D eigenvalue weighted by Crippen LogP contribution is 2.16. The van der Waals surface area contributed by atoms with Gasteiger partial charge in [-0.3, -0.25) is 9.59 Å². The number of carbonyl (C=O) groups excluding carboxylic acids is 2. The van der Waals surface area contributed by atoms with Crippen LogP contribution in [0.5, 0.6) is 11.5 Å². The van der Waals surface area contributed by atoms with Gasteiger partial charge in [0, 0.05) is 20.0 Å². The fourth-order valence-corrected chi connectivity index (χ4v) is 2.55. The summed E-state index contributed by atoms with van der Waals surface area (Å²) >= 11 is 0. The molecular formula is C21H26N2O4. The zero-order valence-electron chi connectivity index (χ0n) is 15.8. The fraction of sp³-hybridized carbons (Fsp3) is 0.333. The molecule has 0 aliphatic heterocycles. The van der Waals surface area contributed by atoms with Crippen LogP contribution >= 0.6 is 0 Å². The minimum atomic E-state index is -0.0563. The molecule has 0 aromatic heterocycles. The number of hydrogen-bond acceptors (Lipinski definition) is 4. The minimum absolute atomic E-state index is 0.0503. The Bertz CT molecular complexity index is 717. The highest BCUT2D eigenvalue weighted by molar-refractivity contribution is 5.78. The first-order valence-electron chi connectivity index (χ1n) is 8.91. The molecule has 0 atom stereocenters. The van der Waals surface area contributed by atoms with Crippen LogP contribution in [-0.2, 0) is 16.0 Å². The van der Waals surface area contributed by atoms with Gasteiger partial charge in [-0.1, -0.05) is 30.3 Å². The van der Waals surface area contributed by atoms with E-state index in [0.717, 1.165) is 17.1 Å². The van der Waals surface area contributed by atoms with E-state index in [1.165, 1.54) is 6.92 Å². The van der Waals surface area contributed by atoms with Crippen molar-refractivity contribution in [1.82, 2.24) is 10.2 Å². The van der Waals surface area contributed by atoms with Crippen molar-refractivity contribution >= 4 is 11.8 Å². The van der Waals surface area contributed by atoms with Crippen molar-refractivity contribution in [3.8, 4) is 11.5 Å². The van der Waals surface area contributed by atoms with Crippen molar-refractivity contribution < 1.29 is 19.1 Å². The van der Waals surface area contributed by atoms with Crippen LogP contribution < -0.4 is 14.8 Å². The summed E-state index contributed by atoms with van der Waals surface area (Å²) in [5, 5.41) is 2.85. The van der Waals surface area contributed by atoms with Gasteiger partial charge >= 0.3 is 0 Å². The van der Waals surface area contributed by atoms with Gasteiger partial charge in [-0.15, -0.1) is 0 Å². The quantitative estimate of drug-likeness (QED) is 0.697. The van der Waals surface area contributed by atoms with E-state index < -0.39 is 0 Å². The predicted octanol–water partition coefficient (Wildman–Crippen LogP) is 2.28. The van der Waals surface area contributed by atoms with Gasteiger partial charge in [-0.05, 0) is 29.8 Å². The number of carbonyl (C=O) groups is 2. The Balaban J connectivity index is 1.69. The van der Waals surface area contributed by atoms with E-state index in [9.17, 15) is 9.59 Å². The van der Waals surface area contributed by atoms with Crippen molar-refractivity contribution in [2.24, 2.45) is 0 Å². The predicted molar refractivity (Wildman–Crippen MR) is 104 cm³/mol. The van der Waals surface area contributed by atoms with Gasteiger partial charge < -0.3 is 19.7 Å². The summed E-state index contributed by atoms with van der Waals surface area (Å²) in [5.74, 6) is 1.37. The van der Waals surface area contributed by atoms with Gasteiger partial charge in [0.2, 0.25) is 11.8 Å². The molecule has 1 N–H and O–H groups in total. The first kappa shape index (κ1) is 20.3.